The molecule has 0 saturated heterocycles. The Balaban J connectivity index is 2.60. The van der Waals surface area contributed by atoms with E-state index in [-0.39, 0.29) is 5.56 Å². The lowest BCUT2D eigenvalue weighted by molar-refractivity contribution is 0.631. The molecular formula is C13H9FN2. The van der Waals surface area contributed by atoms with Gasteiger partial charge in [-0.3, -0.25) is 0 Å². The quantitative estimate of drug-likeness (QED) is 0.739. The summed E-state index contributed by atoms with van der Waals surface area (Å²) in [7, 11) is 0. The Kier molecular flexibility index (Phi) is 2.57. The minimum absolute atomic E-state index is 0.164. The highest BCUT2D eigenvalue weighted by Gasteiger charge is 2.08. The van der Waals surface area contributed by atoms with Crippen LogP contribution in [0.5, 0.6) is 0 Å². The first kappa shape index (κ1) is 10.2. The molecular weight excluding hydrogens is 203 g/mol. The number of nitrogen functional groups attached to an aromatic ring is 1. The summed E-state index contributed by atoms with van der Waals surface area (Å²) in [5.41, 5.74) is 7.27. The van der Waals surface area contributed by atoms with E-state index >= 15 is 0 Å². The second-order valence-electron chi connectivity index (χ2n) is 3.40. The minimum Gasteiger partial charge on any atom is -0.398 e. The van der Waals surface area contributed by atoms with Crippen LogP contribution in [0.15, 0.2) is 42.5 Å². The molecule has 2 aromatic carbocycles. The van der Waals surface area contributed by atoms with Gasteiger partial charge in [0.2, 0.25) is 0 Å². The van der Waals surface area contributed by atoms with E-state index in [1.807, 2.05) is 24.3 Å². The number of nitrogens with two attached hydrogens (primary N) is 1. The van der Waals surface area contributed by atoms with Crippen molar-refractivity contribution in [2.24, 2.45) is 0 Å². The largest absolute Gasteiger partial charge is 0.398 e. The Bertz CT molecular complexity index is 556. The van der Waals surface area contributed by atoms with Crippen LogP contribution in [0.4, 0.5) is 10.1 Å². The van der Waals surface area contributed by atoms with E-state index in [2.05, 4.69) is 0 Å². The lowest BCUT2D eigenvalue weighted by Crippen LogP contribution is -1.94. The van der Waals surface area contributed by atoms with Gasteiger partial charge < -0.3 is 5.73 Å². The van der Waals surface area contributed by atoms with Gasteiger partial charge in [-0.1, -0.05) is 30.3 Å². The third kappa shape index (κ3) is 1.73. The van der Waals surface area contributed by atoms with E-state index in [9.17, 15) is 4.39 Å². The second kappa shape index (κ2) is 4.03. The van der Waals surface area contributed by atoms with E-state index in [0.29, 0.717) is 11.3 Å². The molecule has 16 heavy (non-hydrogen) atoms. The summed E-state index contributed by atoms with van der Waals surface area (Å²) >= 11 is 0. The standard InChI is InChI=1S/C13H9FN2/c14-12-6-10(8-15)13(16)7-11(12)9-4-2-1-3-5-9/h1-7H,16H2. The molecule has 0 bridgehead atoms. The number of nitrogens with zero attached hydrogens (tertiary/aromatic N) is 1. The van der Waals surface area contributed by atoms with Gasteiger partial charge in [-0.05, 0) is 17.7 Å². The second-order valence-corrected chi connectivity index (χ2v) is 3.40. The molecule has 0 aliphatic heterocycles. The Labute approximate surface area is 92.8 Å². The number of hydrogen-bond acceptors (Lipinski definition) is 2. The molecule has 2 aromatic rings. The summed E-state index contributed by atoms with van der Waals surface area (Å²) in [5, 5.41) is 8.71. The van der Waals surface area contributed by atoms with Crippen LogP contribution in [0, 0.1) is 17.1 Å². The summed E-state index contributed by atoms with van der Waals surface area (Å²) in [6.07, 6.45) is 0. The summed E-state index contributed by atoms with van der Waals surface area (Å²) < 4.78 is 13.7. The number of hydrogen-bond donors (Lipinski definition) is 1. The molecule has 0 unspecified atom stereocenters. The van der Waals surface area contributed by atoms with Gasteiger partial charge in [0.15, 0.2) is 0 Å². The van der Waals surface area contributed by atoms with Crippen LogP contribution in [0.3, 0.4) is 0 Å². The van der Waals surface area contributed by atoms with E-state index in [0.717, 1.165) is 11.6 Å². The number of rotatable bonds is 1. The molecule has 0 amide bonds. The average molecular weight is 212 g/mol. The van der Waals surface area contributed by atoms with Crippen molar-refractivity contribution in [3.8, 4) is 17.2 Å². The van der Waals surface area contributed by atoms with Crippen molar-refractivity contribution in [3.63, 3.8) is 0 Å². The van der Waals surface area contributed by atoms with Gasteiger partial charge >= 0.3 is 0 Å². The van der Waals surface area contributed by atoms with Gasteiger partial charge in [0.05, 0.1) is 11.3 Å². The van der Waals surface area contributed by atoms with Gasteiger partial charge in [-0.25, -0.2) is 4.39 Å². The number of nitriles is 1. The van der Waals surface area contributed by atoms with Crippen molar-refractivity contribution in [1.29, 1.82) is 5.26 Å². The highest BCUT2D eigenvalue weighted by molar-refractivity contribution is 5.71. The molecule has 2 N–H and O–H groups in total. The molecule has 0 aliphatic rings. The zero-order valence-electron chi connectivity index (χ0n) is 8.44. The van der Waals surface area contributed by atoms with E-state index in [1.54, 1.807) is 12.1 Å². The first-order chi connectivity index (χ1) is 7.72. The maximum Gasteiger partial charge on any atom is 0.132 e. The molecule has 0 fully saturated rings. The third-order valence-corrected chi connectivity index (χ3v) is 2.34. The smallest absolute Gasteiger partial charge is 0.132 e. The van der Waals surface area contributed by atoms with Crippen molar-refractivity contribution in [3.05, 3.63) is 53.8 Å². The van der Waals surface area contributed by atoms with Crippen LogP contribution in [0.25, 0.3) is 11.1 Å². The monoisotopic (exact) mass is 212 g/mol. The third-order valence-electron chi connectivity index (χ3n) is 2.34. The van der Waals surface area contributed by atoms with Gasteiger partial charge in [0, 0.05) is 5.56 Å². The molecule has 0 atom stereocenters. The normalized spacial score (nSPS) is 9.75. The highest BCUT2D eigenvalue weighted by atomic mass is 19.1. The Morgan fingerprint density at radius 2 is 1.81 bits per heavy atom. The Morgan fingerprint density at radius 3 is 2.44 bits per heavy atom. The van der Waals surface area contributed by atoms with Gasteiger partial charge in [-0.2, -0.15) is 5.26 Å². The zero-order valence-corrected chi connectivity index (χ0v) is 8.44. The average Bonchev–Trinajstić information content (AvgIpc) is 2.32. The van der Waals surface area contributed by atoms with Crippen molar-refractivity contribution >= 4 is 5.69 Å². The van der Waals surface area contributed by atoms with Gasteiger partial charge in [-0.15, -0.1) is 0 Å². The molecule has 2 nitrogen and oxygen atoms in total. The van der Waals surface area contributed by atoms with Crippen LogP contribution in [-0.4, -0.2) is 0 Å². The minimum atomic E-state index is -0.433. The van der Waals surface area contributed by atoms with Crippen molar-refractivity contribution in [2.75, 3.05) is 5.73 Å². The summed E-state index contributed by atoms with van der Waals surface area (Å²) in [6, 6.07) is 13.6. The fourth-order valence-corrected chi connectivity index (χ4v) is 1.53. The first-order valence-electron chi connectivity index (χ1n) is 4.77. The predicted molar refractivity (Wildman–Crippen MR) is 61.0 cm³/mol. The van der Waals surface area contributed by atoms with Gasteiger partial charge in [0.1, 0.15) is 11.9 Å². The first-order valence-corrected chi connectivity index (χ1v) is 4.77. The summed E-state index contributed by atoms with van der Waals surface area (Å²) in [4.78, 5) is 0. The molecule has 2 rings (SSSR count). The van der Waals surface area contributed by atoms with Crippen molar-refractivity contribution in [2.45, 2.75) is 0 Å². The number of benzene rings is 2. The van der Waals surface area contributed by atoms with Gasteiger partial charge in [0.25, 0.3) is 0 Å². The summed E-state index contributed by atoms with van der Waals surface area (Å²) in [6.45, 7) is 0. The highest BCUT2D eigenvalue weighted by Crippen LogP contribution is 2.26. The molecule has 0 radical (unpaired) electrons. The molecule has 0 saturated carbocycles. The van der Waals surface area contributed by atoms with E-state index in [1.165, 1.54) is 6.07 Å². The van der Waals surface area contributed by atoms with Crippen LogP contribution in [0.2, 0.25) is 0 Å². The summed E-state index contributed by atoms with van der Waals surface area (Å²) in [5.74, 6) is -0.433. The number of halogens is 1. The van der Waals surface area contributed by atoms with Crippen molar-refractivity contribution in [1.82, 2.24) is 0 Å². The fraction of sp³-hybridized carbons (Fsp3) is 0. The van der Waals surface area contributed by atoms with Crippen LogP contribution in [-0.2, 0) is 0 Å². The van der Waals surface area contributed by atoms with Crippen molar-refractivity contribution < 1.29 is 4.39 Å². The molecule has 0 aliphatic carbocycles. The van der Waals surface area contributed by atoms with Crippen LogP contribution >= 0.6 is 0 Å². The maximum atomic E-state index is 13.7. The van der Waals surface area contributed by atoms with E-state index in [4.69, 9.17) is 11.0 Å². The molecule has 0 aromatic heterocycles. The topological polar surface area (TPSA) is 49.8 Å². The van der Waals surface area contributed by atoms with E-state index < -0.39 is 5.82 Å². The molecule has 78 valence electrons. The molecule has 0 spiro atoms. The number of anilines is 1. The van der Waals surface area contributed by atoms with Crippen LogP contribution < -0.4 is 5.73 Å². The predicted octanol–water partition coefficient (Wildman–Crippen LogP) is 2.95. The Hall–Kier alpha value is -2.34. The Morgan fingerprint density at radius 1 is 1.12 bits per heavy atom. The fourth-order valence-electron chi connectivity index (χ4n) is 1.53. The molecule has 0 heterocycles. The lowest BCUT2D eigenvalue weighted by Gasteiger charge is -2.05. The van der Waals surface area contributed by atoms with Crippen LogP contribution in [0.1, 0.15) is 5.56 Å². The maximum absolute atomic E-state index is 13.7. The zero-order chi connectivity index (χ0) is 11.5. The molecule has 3 heteroatoms. The lowest BCUT2D eigenvalue weighted by atomic mass is 10.0. The SMILES string of the molecule is N#Cc1cc(F)c(-c2ccccc2)cc1N.